The number of carbonyl (C=O) groups is 1. The zero-order chi connectivity index (χ0) is 18.4. The Labute approximate surface area is 154 Å². The van der Waals surface area contributed by atoms with Gasteiger partial charge in [-0.1, -0.05) is 73.7 Å². The third-order valence-corrected chi connectivity index (χ3v) is 4.49. The van der Waals surface area contributed by atoms with E-state index in [0.29, 0.717) is 5.56 Å². The summed E-state index contributed by atoms with van der Waals surface area (Å²) in [7, 11) is 1.67. The summed E-state index contributed by atoms with van der Waals surface area (Å²) < 4.78 is 5.30. The summed E-state index contributed by atoms with van der Waals surface area (Å²) in [6, 6.07) is 26.3. The van der Waals surface area contributed by atoms with Crippen molar-refractivity contribution in [1.82, 2.24) is 0 Å². The van der Waals surface area contributed by atoms with Gasteiger partial charge in [0.15, 0.2) is 0 Å². The maximum absolute atomic E-state index is 11.0. The molecule has 0 spiro atoms. The van der Waals surface area contributed by atoms with E-state index in [0.717, 1.165) is 29.6 Å². The van der Waals surface area contributed by atoms with E-state index >= 15 is 0 Å². The maximum Gasteiger partial charge on any atom is 0.150 e. The van der Waals surface area contributed by atoms with E-state index in [1.54, 1.807) is 7.11 Å². The lowest BCUT2D eigenvalue weighted by Gasteiger charge is -2.17. The normalized spacial score (nSPS) is 11.6. The van der Waals surface area contributed by atoms with E-state index in [1.165, 1.54) is 16.7 Å². The Hall–Kier alpha value is -3.13. The van der Waals surface area contributed by atoms with Gasteiger partial charge < -0.3 is 4.74 Å². The molecular formula is C24H22O2. The number of benzene rings is 3. The van der Waals surface area contributed by atoms with Crippen LogP contribution in [-0.2, 0) is 0 Å². The second-order valence-corrected chi connectivity index (χ2v) is 6.04. The molecule has 0 aliphatic carbocycles. The van der Waals surface area contributed by atoms with E-state index in [2.05, 4.69) is 43.3 Å². The fraction of sp³-hybridized carbons (Fsp3) is 0.125. The van der Waals surface area contributed by atoms with Gasteiger partial charge in [-0.15, -0.1) is 0 Å². The second kappa shape index (κ2) is 8.30. The molecule has 0 saturated heterocycles. The lowest BCUT2D eigenvalue weighted by Crippen LogP contribution is -1.96. The molecular weight excluding hydrogens is 320 g/mol. The van der Waals surface area contributed by atoms with Crippen LogP contribution in [0.25, 0.3) is 11.1 Å². The second-order valence-electron chi connectivity index (χ2n) is 6.04. The first kappa shape index (κ1) is 17.7. The van der Waals surface area contributed by atoms with Gasteiger partial charge in [0.25, 0.3) is 0 Å². The Morgan fingerprint density at radius 3 is 1.88 bits per heavy atom. The SMILES string of the molecule is CC/C(=C(\c1ccc(C=O)cc1)c1ccc(OC)cc1)c1ccccc1. The van der Waals surface area contributed by atoms with Crippen LogP contribution in [-0.4, -0.2) is 13.4 Å². The Morgan fingerprint density at radius 1 is 0.808 bits per heavy atom. The standard InChI is InChI=1S/C24H22O2/c1-3-23(19-7-5-4-6-8-19)24(20-11-9-18(17-25)10-12-20)21-13-15-22(26-2)16-14-21/h4-17H,3H2,1-2H3/b24-23-. The van der Waals surface area contributed by atoms with Gasteiger partial charge >= 0.3 is 0 Å². The minimum atomic E-state index is 0.681. The molecule has 0 unspecified atom stereocenters. The highest BCUT2D eigenvalue weighted by Gasteiger charge is 2.13. The molecule has 3 aromatic carbocycles. The van der Waals surface area contributed by atoms with E-state index in [4.69, 9.17) is 4.74 Å². The van der Waals surface area contributed by atoms with E-state index < -0.39 is 0 Å². The van der Waals surface area contributed by atoms with Crippen molar-refractivity contribution in [1.29, 1.82) is 0 Å². The molecule has 130 valence electrons. The topological polar surface area (TPSA) is 26.3 Å². The molecule has 0 heterocycles. The first-order valence-corrected chi connectivity index (χ1v) is 8.75. The monoisotopic (exact) mass is 342 g/mol. The average Bonchev–Trinajstić information content (AvgIpc) is 2.73. The lowest BCUT2D eigenvalue weighted by atomic mass is 9.88. The highest BCUT2D eigenvalue weighted by molar-refractivity contribution is 5.98. The Morgan fingerprint density at radius 2 is 1.38 bits per heavy atom. The number of carbonyl (C=O) groups excluding carboxylic acids is 1. The molecule has 3 rings (SSSR count). The summed E-state index contributed by atoms with van der Waals surface area (Å²) in [5, 5.41) is 0. The largest absolute Gasteiger partial charge is 0.497 e. The third-order valence-electron chi connectivity index (χ3n) is 4.49. The molecule has 0 saturated carbocycles. The zero-order valence-corrected chi connectivity index (χ0v) is 15.1. The van der Waals surface area contributed by atoms with Crippen molar-refractivity contribution in [3.8, 4) is 5.75 Å². The lowest BCUT2D eigenvalue weighted by molar-refractivity contribution is 0.112. The minimum Gasteiger partial charge on any atom is -0.497 e. The molecule has 3 aromatic rings. The number of hydrogen-bond acceptors (Lipinski definition) is 2. The summed E-state index contributed by atoms with van der Waals surface area (Å²) in [4.78, 5) is 11.0. The van der Waals surface area contributed by atoms with Gasteiger partial charge in [0, 0.05) is 5.56 Å². The highest BCUT2D eigenvalue weighted by Crippen LogP contribution is 2.35. The van der Waals surface area contributed by atoms with Crippen LogP contribution in [0.1, 0.15) is 40.4 Å². The molecule has 0 radical (unpaired) electrons. The van der Waals surface area contributed by atoms with Crippen molar-refractivity contribution in [3.63, 3.8) is 0 Å². The van der Waals surface area contributed by atoms with Crippen molar-refractivity contribution in [3.05, 3.63) is 101 Å². The van der Waals surface area contributed by atoms with E-state index in [9.17, 15) is 4.79 Å². The number of methoxy groups -OCH3 is 1. The summed E-state index contributed by atoms with van der Waals surface area (Å²) in [6.07, 6.45) is 1.78. The number of ether oxygens (including phenoxy) is 1. The predicted molar refractivity (Wildman–Crippen MR) is 107 cm³/mol. The van der Waals surface area contributed by atoms with Gasteiger partial charge in [-0.2, -0.15) is 0 Å². The van der Waals surface area contributed by atoms with Crippen LogP contribution in [0.15, 0.2) is 78.9 Å². The van der Waals surface area contributed by atoms with Gasteiger partial charge in [0.2, 0.25) is 0 Å². The molecule has 0 aliphatic heterocycles. The van der Waals surface area contributed by atoms with Crippen LogP contribution in [0.3, 0.4) is 0 Å². The van der Waals surface area contributed by atoms with Crippen LogP contribution < -0.4 is 4.74 Å². The Balaban J connectivity index is 2.22. The molecule has 0 bridgehead atoms. The fourth-order valence-corrected chi connectivity index (χ4v) is 3.17. The van der Waals surface area contributed by atoms with Crippen molar-refractivity contribution >= 4 is 17.4 Å². The smallest absolute Gasteiger partial charge is 0.150 e. The summed E-state index contributed by atoms with van der Waals surface area (Å²) in [5.41, 5.74) is 6.57. The van der Waals surface area contributed by atoms with E-state index in [1.807, 2.05) is 42.5 Å². The van der Waals surface area contributed by atoms with Crippen molar-refractivity contribution in [2.45, 2.75) is 13.3 Å². The molecule has 0 fully saturated rings. The maximum atomic E-state index is 11.0. The van der Waals surface area contributed by atoms with Crippen molar-refractivity contribution in [2.24, 2.45) is 0 Å². The molecule has 0 aliphatic rings. The molecule has 0 N–H and O–H groups in total. The minimum absolute atomic E-state index is 0.681. The molecule has 0 aromatic heterocycles. The molecule has 0 atom stereocenters. The van der Waals surface area contributed by atoms with Crippen LogP contribution in [0.4, 0.5) is 0 Å². The number of aldehydes is 1. The molecule has 2 heteroatoms. The quantitative estimate of drug-likeness (QED) is 0.413. The van der Waals surface area contributed by atoms with Gasteiger partial charge in [-0.3, -0.25) is 4.79 Å². The average molecular weight is 342 g/mol. The van der Waals surface area contributed by atoms with Gasteiger partial charge in [0.1, 0.15) is 12.0 Å². The highest BCUT2D eigenvalue weighted by atomic mass is 16.5. The van der Waals surface area contributed by atoms with Crippen LogP contribution in [0, 0.1) is 0 Å². The van der Waals surface area contributed by atoms with E-state index in [-0.39, 0.29) is 0 Å². The fourth-order valence-electron chi connectivity index (χ4n) is 3.17. The molecule has 2 nitrogen and oxygen atoms in total. The number of allylic oxidation sites excluding steroid dienone is 1. The summed E-state index contributed by atoms with van der Waals surface area (Å²) in [5.74, 6) is 0.835. The Kier molecular flexibility index (Phi) is 5.65. The third kappa shape index (κ3) is 3.75. The Bertz CT molecular complexity index is 889. The van der Waals surface area contributed by atoms with Crippen molar-refractivity contribution in [2.75, 3.05) is 7.11 Å². The molecule has 26 heavy (non-hydrogen) atoms. The van der Waals surface area contributed by atoms with Gasteiger partial charge in [0.05, 0.1) is 7.11 Å². The van der Waals surface area contributed by atoms with Gasteiger partial charge in [-0.05, 0) is 46.4 Å². The van der Waals surface area contributed by atoms with Gasteiger partial charge in [-0.25, -0.2) is 0 Å². The predicted octanol–water partition coefficient (Wildman–Crippen LogP) is 5.88. The van der Waals surface area contributed by atoms with Crippen LogP contribution >= 0.6 is 0 Å². The first-order chi connectivity index (χ1) is 12.8. The van der Waals surface area contributed by atoms with Crippen molar-refractivity contribution < 1.29 is 9.53 Å². The molecule has 0 amide bonds. The van der Waals surface area contributed by atoms with Crippen LogP contribution in [0.5, 0.6) is 5.75 Å². The summed E-state index contributed by atoms with van der Waals surface area (Å²) in [6.45, 7) is 2.17. The number of hydrogen-bond donors (Lipinski definition) is 0. The number of rotatable bonds is 6. The summed E-state index contributed by atoms with van der Waals surface area (Å²) >= 11 is 0. The zero-order valence-electron chi connectivity index (χ0n) is 15.1. The first-order valence-electron chi connectivity index (χ1n) is 8.75. The van der Waals surface area contributed by atoms with Crippen LogP contribution in [0.2, 0.25) is 0 Å².